The Morgan fingerprint density at radius 1 is 1.13 bits per heavy atom. The van der Waals surface area contributed by atoms with Gasteiger partial charge in [0.05, 0.1) is 15.6 Å². The first kappa shape index (κ1) is 19.6. The maximum atomic E-state index is 12.8. The highest BCUT2D eigenvalue weighted by molar-refractivity contribution is 6.34. The number of nitro benzene ring substituents is 1. The average molecular weight is 422 g/mol. The van der Waals surface area contributed by atoms with Gasteiger partial charge < -0.3 is 9.73 Å². The van der Waals surface area contributed by atoms with E-state index >= 15 is 0 Å². The molecule has 0 saturated carbocycles. The van der Waals surface area contributed by atoms with Crippen molar-refractivity contribution in [1.82, 2.24) is 4.98 Å². The topological polar surface area (TPSA) is 98.3 Å². The molecule has 0 saturated heterocycles. The molecule has 4 rings (SSSR count). The average Bonchev–Trinajstić information content (AvgIpc) is 3.12. The van der Waals surface area contributed by atoms with Gasteiger partial charge in [-0.05, 0) is 55.8 Å². The van der Waals surface area contributed by atoms with E-state index in [0.717, 1.165) is 11.1 Å². The fourth-order valence-electron chi connectivity index (χ4n) is 3.17. The number of fused-ring (bicyclic) bond motifs is 1. The molecule has 3 aromatic carbocycles. The minimum absolute atomic E-state index is 0.121. The van der Waals surface area contributed by atoms with Crippen LogP contribution in [-0.4, -0.2) is 15.8 Å². The van der Waals surface area contributed by atoms with Crippen LogP contribution in [0.2, 0.25) is 5.02 Å². The van der Waals surface area contributed by atoms with Gasteiger partial charge >= 0.3 is 0 Å². The Balaban J connectivity index is 1.68. The van der Waals surface area contributed by atoms with Crippen molar-refractivity contribution >= 4 is 40.0 Å². The van der Waals surface area contributed by atoms with Crippen LogP contribution in [0, 0.1) is 24.0 Å². The van der Waals surface area contributed by atoms with E-state index in [0.29, 0.717) is 27.7 Å². The molecule has 1 aromatic heterocycles. The summed E-state index contributed by atoms with van der Waals surface area (Å²) in [6.07, 6.45) is 0. The molecule has 0 unspecified atom stereocenters. The number of aryl methyl sites for hydroxylation is 1. The van der Waals surface area contributed by atoms with Crippen LogP contribution in [-0.2, 0) is 0 Å². The summed E-state index contributed by atoms with van der Waals surface area (Å²) in [6, 6.07) is 15.1. The second-order valence-electron chi connectivity index (χ2n) is 6.85. The van der Waals surface area contributed by atoms with Crippen LogP contribution in [0.3, 0.4) is 0 Å². The van der Waals surface area contributed by atoms with Crippen molar-refractivity contribution in [3.8, 4) is 11.5 Å². The number of aromatic nitrogens is 1. The monoisotopic (exact) mass is 421 g/mol. The molecule has 4 aromatic rings. The van der Waals surface area contributed by atoms with Crippen molar-refractivity contribution in [3.05, 3.63) is 86.4 Å². The van der Waals surface area contributed by atoms with Crippen LogP contribution < -0.4 is 5.32 Å². The number of carbonyl (C=O) groups is 1. The van der Waals surface area contributed by atoms with Gasteiger partial charge in [-0.1, -0.05) is 23.7 Å². The molecule has 1 N–H and O–H groups in total. The van der Waals surface area contributed by atoms with Crippen LogP contribution in [0.5, 0.6) is 0 Å². The number of amides is 1. The molecule has 0 spiro atoms. The van der Waals surface area contributed by atoms with Gasteiger partial charge in [-0.3, -0.25) is 14.9 Å². The van der Waals surface area contributed by atoms with E-state index in [9.17, 15) is 14.9 Å². The van der Waals surface area contributed by atoms with Gasteiger partial charge in [0, 0.05) is 22.8 Å². The molecule has 0 radical (unpaired) electrons. The second-order valence-corrected chi connectivity index (χ2v) is 7.25. The first-order chi connectivity index (χ1) is 14.3. The Morgan fingerprint density at radius 3 is 2.70 bits per heavy atom. The first-order valence-corrected chi connectivity index (χ1v) is 9.44. The van der Waals surface area contributed by atoms with E-state index < -0.39 is 10.8 Å². The smallest absolute Gasteiger partial charge is 0.273 e. The summed E-state index contributed by atoms with van der Waals surface area (Å²) >= 11 is 6.26. The molecule has 7 nitrogen and oxygen atoms in total. The number of nitro groups is 1. The molecule has 30 heavy (non-hydrogen) atoms. The minimum atomic E-state index is -0.519. The van der Waals surface area contributed by atoms with Gasteiger partial charge in [0.1, 0.15) is 5.52 Å². The highest BCUT2D eigenvalue weighted by atomic mass is 35.5. The quantitative estimate of drug-likeness (QED) is 0.325. The molecular formula is C22H16ClN3O4. The lowest BCUT2D eigenvalue weighted by molar-refractivity contribution is -0.385. The third-order valence-electron chi connectivity index (χ3n) is 4.75. The van der Waals surface area contributed by atoms with Crippen molar-refractivity contribution in [1.29, 1.82) is 0 Å². The molecule has 0 aliphatic heterocycles. The van der Waals surface area contributed by atoms with Crippen LogP contribution in [0.4, 0.5) is 11.4 Å². The molecule has 0 fully saturated rings. The van der Waals surface area contributed by atoms with Crippen LogP contribution in [0.1, 0.15) is 21.5 Å². The fraction of sp³-hybridized carbons (Fsp3) is 0.0909. The molecule has 0 atom stereocenters. The van der Waals surface area contributed by atoms with Crippen LogP contribution in [0.25, 0.3) is 22.6 Å². The molecule has 8 heteroatoms. The Labute approximate surface area is 176 Å². The molecule has 0 aliphatic carbocycles. The lowest BCUT2D eigenvalue weighted by Gasteiger charge is -2.10. The third kappa shape index (κ3) is 3.62. The largest absolute Gasteiger partial charge is 0.436 e. The maximum absolute atomic E-state index is 12.8. The summed E-state index contributed by atoms with van der Waals surface area (Å²) in [5.74, 6) is -0.0993. The SMILES string of the molecule is Cc1ccc2nc(-c3ccc(Cl)c(NC(=O)c4cccc([N+](=O)[O-])c4C)c3)oc2c1. The summed E-state index contributed by atoms with van der Waals surface area (Å²) in [6.45, 7) is 3.50. The number of rotatable bonds is 4. The van der Waals surface area contributed by atoms with E-state index in [1.807, 2.05) is 25.1 Å². The van der Waals surface area contributed by atoms with Gasteiger partial charge in [-0.25, -0.2) is 4.98 Å². The number of carbonyl (C=O) groups excluding carboxylic acids is 1. The summed E-state index contributed by atoms with van der Waals surface area (Å²) in [4.78, 5) is 27.9. The number of benzene rings is 3. The van der Waals surface area contributed by atoms with Gasteiger partial charge in [-0.15, -0.1) is 0 Å². The predicted octanol–water partition coefficient (Wildman–Crippen LogP) is 5.93. The van der Waals surface area contributed by atoms with E-state index in [4.69, 9.17) is 16.0 Å². The summed E-state index contributed by atoms with van der Waals surface area (Å²) < 4.78 is 5.84. The summed E-state index contributed by atoms with van der Waals surface area (Å²) in [5, 5.41) is 14.2. The number of nitrogens with one attached hydrogen (secondary N) is 1. The standard InChI is InChI=1S/C22H16ClN3O4/c1-12-6-9-17-20(10-12)30-22(25-17)14-7-8-16(23)18(11-14)24-21(27)15-4-3-5-19(13(15)2)26(28)29/h3-11H,1-2H3,(H,24,27). The van der Waals surface area contributed by atoms with E-state index in [1.165, 1.54) is 25.1 Å². The molecule has 0 bridgehead atoms. The number of halogens is 1. The highest BCUT2D eigenvalue weighted by Gasteiger charge is 2.19. The van der Waals surface area contributed by atoms with E-state index in [-0.39, 0.29) is 16.8 Å². The van der Waals surface area contributed by atoms with Crippen molar-refractivity contribution in [2.24, 2.45) is 0 Å². The first-order valence-electron chi connectivity index (χ1n) is 9.06. The third-order valence-corrected chi connectivity index (χ3v) is 5.08. The van der Waals surface area contributed by atoms with Crippen molar-refractivity contribution in [3.63, 3.8) is 0 Å². The van der Waals surface area contributed by atoms with Gasteiger partial charge in [0.25, 0.3) is 11.6 Å². The number of nitrogens with zero attached hydrogens (tertiary/aromatic N) is 2. The molecular weight excluding hydrogens is 406 g/mol. The Hall–Kier alpha value is -3.71. The zero-order valence-corrected chi connectivity index (χ0v) is 16.9. The lowest BCUT2D eigenvalue weighted by Crippen LogP contribution is -2.14. The summed E-state index contributed by atoms with van der Waals surface area (Å²) in [7, 11) is 0. The van der Waals surface area contributed by atoms with E-state index in [1.54, 1.807) is 18.2 Å². The zero-order valence-electron chi connectivity index (χ0n) is 16.1. The van der Waals surface area contributed by atoms with Gasteiger partial charge in [0.15, 0.2) is 5.58 Å². The zero-order chi connectivity index (χ0) is 21.4. The number of oxazole rings is 1. The Morgan fingerprint density at radius 2 is 1.93 bits per heavy atom. The van der Waals surface area contributed by atoms with Crippen molar-refractivity contribution in [2.75, 3.05) is 5.32 Å². The Bertz CT molecular complexity index is 1310. The maximum Gasteiger partial charge on any atom is 0.273 e. The molecule has 1 heterocycles. The molecule has 150 valence electrons. The molecule has 1 amide bonds. The highest BCUT2D eigenvalue weighted by Crippen LogP contribution is 2.31. The predicted molar refractivity (Wildman–Crippen MR) is 115 cm³/mol. The molecule has 0 aliphatic rings. The minimum Gasteiger partial charge on any atom is -0.436 e. The van der Waals surface area contributed by atoms with Crippen LogP contribution >= 0.6 is 11.6 Å². The lowest BCUT2D eigenvalue weighted by atomic mass is 10.1. The number of anilines is 1. The number of hydrogen-bond donors (Lipinski definition) is 1. The summed E-state index contributed by atoms with van der Waals surface area (Å²) in [5.41, 5.74) is 3.79. The van der Waals surface area contributed by atoms with Gasteiger partial charge in [0.2, 0.25) is 5.89 Å². The van der Waals surface area contributed by atoms with Crippen molar-refractivity contribution < 1.29 is 14.1 Å². The van der Waals surface area contributed by atoms with Gasteiger partial charge in [-0.2, -0.15) is 0 Å². The van der Waals surface area contributed by atoms with E-state index in [2.05, 4.69) is 10.3 Å². The number of hydrogen-bond acceptors (Lipinski definition) is 5. The van der Waals surface area contributed by atoms with Crippen molar-refractivity contribution in [2.45, 2.75) is 13.8 Å². The normalized spacial score (nSPS) is 10.9. The Kier molecular flexibility index (Phi) is 4.97. The second kappa shape index (κ2) is 7.61. The fourth-order valence-corrected chi connectivity index (χ4v) is 3.33. The van der Waals surface area contributed by atoms with Crippen LogP contribution in [0.15, 0.2) is 59.0 Å².